The number of halogens is 1. The lowest BCUT2D eigenvalue weighted by Crippen LogP contribution is -2.42. The molecule has 0 unspecified atom stereocenters. The Kier molecular flexibility index (Phi) is 4.17. The van der Waals surface area contributed by atoms with E-state index in [0.29, 0.717) is 6.04 Å². The predicted octanol–water partition coefficient (Wildman–Crippen LogP) is 4.33. The molecule has 1 aliphatic heterocycles. The zero-order chi connectivity index (χ0) is 17.0. The number of hydrogen-bond acceptors (Lipinski definition) is 4. The van der Waals surface area contributed by atoms with Crippen molar-refractivity contribution in [2.45, 2.75) is 31.3 Å². The van der Waals surface area contributed by atoms with E-state index in [9.17, 15) is 10.2 Å². The van der Waals surface area contributed by atoms with Gasteiger partial charge in [0.2, 0.25) is 0 Å². The van der Waals surface area contributed by atoms with E-state index in [-0.39, 0.29) is 29.8 Å². The Morgan fingerprint density at radius 2 is 1.73 bits per heavy atom. The Morgan fingerprint density at radius 3 is 2.54 bits per heavy atom. The van der Waals surface area contributed by atoms with Crippen LogP contribution in [0, 0.1) is 0 Å². The average molecular weight is 370 g/mol. The van der Waals surface area contributed by atoms with Crippen molar-refractivity contribution in [1.29, 1.82) is 0 Å². The molecule has 1 aliphatic carbocycles. The number of nitrogens with one attached hydrogen (secondary N) is 1. The van der Waals surface area contributed by atoms with Crippen LogP contribution < -0.4 is 5.32 Å². The van der Waals surface area contributed by atoms with Crippen LogP contribution in [0.3, 0.4) is 0 Å². The molecule has 2 atom stereocenters. The van der Waals surface area contributed by atoms with E-state index in [1.165, 1.54) is 5.56 Å². The minimum Gasteiger partial charge on any atom is -0.504 e. The molecule has 0 saturated heterocycles. The van der Waals surface area contributed by atoms with Gasteiger partial charge < -0.3 is 19.9 Å². The maximum absolute atomic E-state index is 10.0. The molecule has 2 aromatic carbocycles. The van der Waals surface area contributed by atoms with E-state index in [0.717, 1.165) is 47.6 Å². The molecule has 2 aliphatic rings. The third kappa shape index (κ3) is 2.57. The summed E-state index contributed by atoms with van der Waals surface area (Å²) < 4.78 is 6.14. The van der Waals surface area contributed by atoms with Crippen molar-refractivity contribution in [3.63, 3.8) is 0 Å². The number of fused-ring (bicyclic) bond motifs is 5. The van der Waals surface area contributed by atoms with E-state index in [1.807, 2.05) is 30.3 Å². The van der Waals surface area contributed by atoms with E-state index in [1.54, 1.807) is 12.1 Å². The monoisotopic (exact) mass is 369 g/mol. The highest BCUT2D eigenvalue weighted by Gasteiger charge is 2.37. The first kappa shape index (κ1) is 17.0. The Hall–Kier alpha value is -2.43. The van der Waals surface area contributed by atoms with Gasteiger partial charge in [-0.05, 0) is 42.2 Å². The summed E-state index contributed by atoms with van der Waals surface area (Å²) in [6.45, 7) is 0.725. The summed E-state index contributed by atoms with van der Waals surface area (Å²) in [6.07, 6.45) is 1.91. The molecular formula is C21H20ClNO3. The van der Waals surface area contributed by atoms with Gasteiger partial charge in [-0.2, -0.15) is 0 Å². The summed E-state index contributed by atoms with van der Waals surface area (Å²) in [5, 5.41) is 23.4. The lowest BCUT2D eigenvalue weighted by molar-refractivity contribution is 0.354. The maximum atomic E-state index is 10.0. The molecule has 2 heterocycles. The topological polar surface area (TPSA) is 65.6 Å². The second-order valence-electron chi connectivity index (χ2n) is 6.90. The lowest BCUT2D eigenvalue weighted by Gasteiger charge is -2.37. The summed E-state index contributed by atoms with van der Waals surface area (Å²) in [5.41, 5.74) is 4.45. The molecule has 0 fully saturated rings. The molecule has 0 saturated carbocycles. The average Bonchev–Trinajstić information content (AvgIpc) is 3.07. The Bertz CT molecular complexity index is 951. The first-order valence-corrected chi connectivity index (χ1v) is 8.67. The number of phenolic OH excluding ortho intramolecular Hbond substituents is 2. The molecule has 5 heteroatoms. The number of aryl methyl sites for hydroxylation is 1. The second kappa shape index (κ2) is 6.38. The summed E-state index contributed by atoms with van der Waals surface area (Å²) >= 11 is 0. The number of furan rings is 1. The summed E-state index contributed by atoms with van der Waals surface area (Å²) in [6, 6.07) is 16.0. The molecule has 26 heavy (non-hydrogen) atoms. The summed E-state index contributed by atoms with van der Waals surface area (Å²) in [5.74, 6) is 1.88. The second-order valence-corrected chi connectivity index (χ2v) is 6.90. The van der Waals surface area contributed by atoms with Crippen molar-refractivity contribution >= 4 is 12.4 Å². The van der Waals surface area contributed by atoms with Gasteiger partial charge in [-0.3, -0.25) is 0 Å². The van der Waals surface area contributed by atoms with Crippen molar-refractivity contribution in [3.05, 3.63) is 71.0 Å². The highest BCUT2D eigenvalue weighted by atomic mass is 35.5. The van der Waals surface area contributed by atoms with Crippen molar-refractivity contribution in [2.75, 3.05) is 0 Å². The van der Waals surface area contributed by atoms with Crippen LogP contribution >= 0.6 is 12.4 Å². The number of hydrogen-bond donors (Lipinski definition) is 3. The van der Waals surface area contributed by atoms with Crippen LogP contribution in [-0.2, 0) is 13.0 Å². The van der Waals surface area contributed by atoms with E-state index >= 15 is 0 Å². The molecule has 4 nitrogen and oxygen atoms in total. The van der Waals surface area contributed by atoms with Crippen LogP contribution in [0.1, 0.15) is 34.8 Å². The Balaban J connectivity index is 0.00000168. The smallest absolute Gasteiger partial charge is 0.157 e. The fourth-order valence-electron chi connectivity index (χ4n) is 4.25. The van der Waals surface area contributed by atoms with Gasteiger partial charge in [0.15, 0.2) is 11.5 Å². The Morgan fingerprint density at radius 1 is 0.962 bits per heavy atom. The molecule has 0 spiro atoms. The highest BCUT2D eigenvalue weighted by molar-refractivity contribution is 5.85. The van der Waals surface area contributed by atoms with Gasteiger partial charge in [0.25, 0.3) is 0 Å². The first-order valence-electron chi connectivity index (χ1n) is 8.67. The third-order valence-electron chi connectivity index (χ3n) is 5.46. The number of rotatable bonds is 1. The molecule has 5 rings (SSSR count). The van der Waals surface area contributed by atoms with Crippen LogP contribution in [0.25, 0.3) is 11.3 Å². The Labute approximate surface area is 157 Å². The molecule has 0 amide bonds. The number of phenols is 2. The minimum atomic E-state index is -0.0571. The molecule has 3 aromatic rings. The van der Waals surface area contributed by atoms with Crippen molar-refractivity contribution in [1.82, 2.24) is 5.32 Å². The van der Waals surface area contributed by atoms with E-state index in [4.69, 9.17) is 4.42 Å². The molecule has 134 valence electrons. The van der Waals surface area contributed by atoms with Gasteiger partial charge in [-0.25, -0.2) is 0 Å². The molecule has 0 bridgehead atoms. The predicted molar refractivity (Wildman–Crippen MR) is 102 cm³/mol. The van der Waals surface area contributed by atoms with Crippen molar-refractivity contribution < 1.29 is 14.6 Å². The van der Waals surface area contributed by atoms with E-state index in [2.05, 4.69) is 11.4 Å². The molecular weight excluding hydrogens is 350 g/mol. The zero-order valence-electron chi connectivity index (χ0n) is 14.1. The minimum absolute atomic E-state index is 0. The zero-order valence-corrected chi connectivity index (χ0v) is 14.9. The van der Waals surface area contributed by atoms with Gasteiger partial charge in [-0.15, -0.1) is 12.4 Å². The van der Waals surface area contributed by atoms with E-state index < -0.39 is 0 Å². The number of aromatic hydroxyl groups is 2. The molecule has 3 N–H and O–H groups in total. The molecule has 0 radical (unpaired) electrons. The quantitative estimate of drug-likeness (QED) is 0.558. The van der Waals surface area contributed by atoms with Crippen molar-refractivity contribution in [2.24, 2.45) is 0 Å². The number of benzene rings is 2. The molecule has 1 aromatic heterocycles. The van der Waals surface area contributed by atoms with Gasteiger partial charge in [0.1, 0.15) is 11.5 Å². The van der Waals surface area contributed by atoms with Crippen LogP contribution in [0.2, 0.25) is 0 Å². The largest absolute Gasteiger partial charge is 0.504 e. The third-order valence-corrected chi connectivity index (χ3v) is 5.46. The summed E-state index contributed by atoms with van der Waals surface area (Å²) in [7, 11) is 0. The fourth-order valence-corrected chi connectivity index (χ4v) is 4.25. The van der Waals surface area contributed by atoms with Crippen LogP contribution in [0.4, 0.5) is 0 Å². The fraction of sp³-hybridized carbons (Fsp3) is 0.238. The normalized spacial score (nSPS) is 20.5. The summed E-state index contributed by atoms with van der Waals surface area (Å²) in [4.78, 5) is 0. The van der Waals surface area contributed by atoms with Crippen LogP contribution in [0.5, 0.6) is 11.5 Å². The first-order chi connectivity index (χ1) is 12.2. The van der Waals surface area contributed by atoms with Gasteiger partial charge in [0, 0.05) is 23.1 Å². The maximum Gasteiger partial charge on any atom is 0.157 e. The van der Waals surface area contributed by atoms with Gasteiger partial charge >= 0.3 is 0 Å². The highest BCUT2D eigenvalue weighted by Crippen LogP contribution is 2.45. The van der Waals surface area contributed by atoms with Gasteiger partial charge in [-0.1, -0.05) is 30.3 Å². The van der Waals surface area contributed by atoms with Crippen LogP contribution in [0.15, 0.2) is 52.9 Å². The standard InChI is InChI=1S/C21H19NO3.ClH/c23-17-8-13-6-7-16-21(14(13)9-18(17)24)15-10-19(25-20(15)11-22-16)12-4-2-1-3-5-12;/h1-5,8-10,16,21-24H,6-7,11H2;1H/t16-,21+;/m0./s1. The van der Waals surface area contributed by atoms with Crippen molar-refractivity contribution in [3.8, 4) is 22.8 Å². The SMILES string of the molecule is Cl.Oc1cc2c(cc1O)[C@@H]1c3cc(-c4ccccc4)oc3CN[C@H]1CC2. The van der Waals surface area contributed by atoms with Crippen LogP contribution in [-0.4, -0.2) is 16.3 Å². The van der Waals surface area contributed by atoms with Gasteiger partial charge in [0.05, 0.1) is 6.54 Å². The lowest BCUT2D eigenvalue weighted by atomic mass is 9.73.